The number of aliphatic hydroxyl groups is 1. The Morgan fingerprint density at radius 3 is 2.85 bits per heavy atom. The highest BCUT2D eigenvalue weighted by atomic mass is 16.3. The van der Waals surface area contributed by atoms with Crippen LogP contribution in [0.5, 0.6) is 0 Å². The standard InChI is InChI=1S/C19H25N5O2/c1-13-14(2)22-17(15-7-4-5-9-21-15)23-18(13)24-10-6-8-19(26,12-24)11-16(25)20-3/h4-5,7,9,26H,6,8,10-12H2,1-3H3,(H,20,25). The Morgan fingerprint density at radius 1 is 1.35 bits per heavy atom. The summed E-state index contributed by atoms with van der Waals surface area (Å²) in [7, 11) is 1.59. The van der Waals surface area contributed by atoms with Gasteiger partial charge in [-0.25, -0.2) is 9.97 Å². The van der Waals surface area contributed by atoms with E-state index in [2.05, 4.69) is 20.2 Å². The van der Waals surface area contributed by atoms with Gasteiger partial charge in [0.15, 0.2) is 5.82 Å². The molecule has 138 valence electrons. The third-order valence-electron chi connectivity index (χ3n) is 4.88. The zero-order valence-electron chi connectivity index (χ0n) is 15.5. The van der Waals surface area contributed by atoms with Gasteiger partial charge in [-0.1, -0.05) is 6.07 Å². The number of piperidine rings is 1. The second kappa shape index (κ2) is 7.37. The Morgan fingerprint density at radius 2 is 2.15 bits per heavy atom. The smallest absolute Gasteiger partial charge is 0.222 e. The molecular weight excluding hydrogens is 330 g/mol. The lowest BCUT2D eigenvalue weighted by atomic mass is 9.89. The van der Waals surface area contributed by atoms with Crippen LogP contribution in [0.3, 0.4) is 0 Å². The molecule has 7 heteroatoms. The number of hydrogen-bond donors (Lipinski definition) is 2. The molecule has 1 atom stereocenters. The van der Waals surface area contributed by atoms with E-state index in [1.54, 1.807) is 13.2 Å². The lowest BCUT2D eigenvalue weighted by Gasteiger charge is -2.40. The fourth-order valence-electron chi connectivity index (χ4n) is 3.36. The Labute approximate surface area is 153 Å². The Bertz CT molecular complexity index is 796. The first-order chi connectivity index (χ1) is 12.4. The highest BCUT2D eigenvalue weighted by Crippen LogP contribution is 2.31. The van der Waals surface area contributed by atoms with Crippen molar-refractivity contribution in [2.24, 2.45) is 0 Å². The van der Waals surface area contributed by atoms with Crippen LogP contribution in [0.25, 0.3) is 11.5 Å². The van der Waals surface area contributed by atoms with Crippen LogP contribution >= 0.6 is 0 Å². The van der Waals surface area contributed by atoms with Gasteiger partial charge in [-0.15, -0.1) is 0 Å². The number of carbonyl (C=O) groups excluding carboxylic acids is 1. The molecule has 1 amide bonds. The van der Waals surface area contributed by atoms with Gasteiger partial charge in [-0.2, -0.15) is 0 Å². The van der Waals surface area contributed by atoms with Crippen molar-refractivity contribution in [2.45, 2.75) is 38.7 Å². The van der Waals surface area contributed by atoms with Crippen LogP contribution in [-0.4, -0.2) is 51.7 Å². The average Bonchev–Trinajstić information content (AvgIpc) is 2.64. The topological polar surface area (TPSA) is 91.2 Å². The zero-order chi connectivity index (χ0) is 18.7. The van der Waals surface area contributed by atoms with Crippen LogP contribution in [0.4, 0.5) is 5.82 Å². The van der Waals surface area contributed by atoms with Crippen molar-refractivity contribution in [3.63, 3.8) is 0 Å². The Kier molecular flexibility index (Phi) is 5.18. The molecule has 2 aromatic rings. The van der Waals surface area contributed by atoms with Crippen LogP contribution in [0.15, 0.2) is 24.4 Å². The first-order valence-corrected chi connectivity index (χ1v) is 8.86. The van der Waals surface area contributed by atoms with Crippen LogP contribution in [0, 0.1) is 13.8 Å². The maximum absolute atomic E-state index is 11.8. The van der Waals surface area contributed by atoms with E-state index >= 15 is 0 Å². The van der Waals surface area contributed by atoms with Crippen molar-refractivity contribution in [3.05, 3.63) is 35.7 Å². The summed E-state index contributed by atoms with van der Waals surface area (Å²) in [4.78, 5) is 27.5. The van der Waals surface area contributed by atoms with Crippen molar-refractivity contribution in [3.8, 4) is 11.5 Å². The number of aryl methyl sites for hydroxylation is 1. The van der Waals surface area contributed by atoms with Crippen LogP contribution in [0.2, 0.25) is 0 Å². The second-order valence-corrected chi connectivity index (χ2v) is 6.90. The molecule has 0 radical (unpaired) electrons. The molecular formula is C19H25N5O2. The summed E-state index contributed by atoms with van der Waals surface area (Å²) in [6, 6.07) is 5.64. The minimum Gasteiger partial charge on any atom is -0.388 e. The predicted octanol–water partition coefficient (Wildman–Crippen LogP) is 1.62. The van der Waals surface area contributed by atoms with Crippen molar-refractivity contribution in [1.29, 1.82) is 0 Å². The first-order valence-electron chi connectivity index (χ1n) is 8.86. The molecule has 7 nitrogen and oxygen atoms in total. The number of hydrogen-bond acceptors (Lipinski definition) is 6. The lowest BCUT2D eigenvalue weighted by Crippen LogP contribution is -2.50. The summed E-state index contributed by atoms with van der Waals surface area (Å²) >= 11 is 0. The summed E-state index contributed by atoms with van der Waals surface area (Å²) in [6.45, 7) is 5.10. The number of pyridine rings is 1. The molecule has 1 fully saturated rings. The summed E-state index contributed by atoms with van der Waals surface area (Å²) in [6.07, 6.45) is 3.22. The summed E-state index contributed by atoms with van der Waals surface area (Å²) in [5, 5.41) is 13.5. The largest absolute Gasteiger partial charge is 0.388 e. The van der Waals surface area contributed by atoms with Gasteiger partial charge in [0, 0.05) is 37.6 Å². The number of anilines is 1. The van der Waals surface area contributed by atoms with E-state index in [1.165, 1.54) is 0 Å². The number of rotatable bonds is 4. The molecule has 0 spiro atoms. The lowest BCUT2D eigenvalue weighted by molar-refractivity contribution is -0.125. The van der Waals surface area contributed by atoms with Gasteiger partial charge >= 0.3 is 0 Å². The van der Waals surface area contributed by atoms with E-state index in [9.17, 15) is 9.90 Å². The summed E-state index contributed by atoms with van der Waals surface area (Å²) in [5.74, 6) is 1.22. The molecule has 0 saturated carbocycles. The maximum atomic E-state index is 11.8. The molecule has 2 aromatic heterocycles. The Hall–Kier alpha value is -2.54. The minimum absolute atomic E-state index is 0.0935. The number of aromatic nitrogens is 3. The fraction of sp³-hybridized carbons (Fsp3) is 0.474. The van der Waals surface area contributed by atoms with E-state index in [1.807, 2.05) is 32.0 Å². The van der Waals surface area contributed by atoms with Crippen LogP contribution in [-0.2, 0) is 4.79 Å². The van der Waals surface area contributed by atoms with Gasteiger partial charge in [-0.05, 0) is 38.8 Å². The third kappa shape index (κ3) is 3.83. The van der Waals surface area contributed by atoms with E-state index in [-0.39, 0.29) is 12.3 Å². The molecule has 2 N–H and O–H groups in total. The summed E-state index contributed by atoms with van der Waals surface area (Å²) < 4.78 is 0. The first kappa shape index (κ1) is 18.3. The molecule has 0 bridgehead atoms. The predicted molar refractivity (Wildman–Crippen MR) is 99.8 cm³/mol. The quantitative estimate of drug-likeness (QED) is 0.866. The fourth-order valence-corrected chi connectivity index (χ4v) is 3.36. The molecule has 26 heavy (non-hydrogen) atoms. The van der Waals surface area contributed by atoms with Crippen molar-refractivity contribution < 1.29 is 9.90 Å². The number of amides is 1. The van der Waals surface area contributed by atoms with Gasteiger partial charge in [-0.3, -0.25) is 9.78 Å². The van der Waals surface area contributed by atoms with Gasteiger partial charge in [0.1, 0.15) is 11.5 Å². The summed E-state index contributed by atoms with van der Waals surface area (Å²) in [5.41, 5.74) is 1.54. The highest BCUT2D eigenvalue weighted by Gasteiger charge is 2.36. The Balaban J connectivity index is 1.93. The van der Waals surface area contributed by atoms with Crippen molar-refractivity contribution >= 4 is 11.7 Å². The molecule has 1 saturated heterocycles. The average molecular weight is 355 g/mol. The number of nitrogens with zero attached hydrogens (tertiary/aromatic N) is 4. The molecule has 1 aliphatic rings. The molecule has 3 heterocycles. The highest BCUT2D eigenvalue weighted by molar-refractivity contribution is 5.76. The number of carbonyl (C=O) groups is 1. The van der Waals surface area contributed by atoms with Crippen molar-refractivity contribution in [1.82, 2.24) is 20.3 Å². The monoisotopic (exact) mass is 355 g/mol. The molecule has 0 aromatic carbocycles. The van der Waals surface area contributed by atoms with Crippen molar-refractivity contribution in [2.75, 3.05) is 25.0 Å². The van der Waals surface area contributed by atoms with Gasteiger partial charge < -0.3 is 15.3 Å². The second-order valence-electron chi connectivity index (χ2n) is 6.90. The minimum atomic E-state index is -1.05. The third-order valence-corrected chi connectivity index (χ3v) is 4.88. The van der Waals surface area contributed by atoms with Crippen LogP contribution in [0.1, 0.15) is 30.5 Å². The maximum Gasteiger partial charge on any atom is 0.222 e. The SMILES string of the molecule is CNC(=O)CC1(O)CCCN(c2nc(-c3ccccn3)nc(C)c2C)C1. The van der Waals surface area contributed by atoms with Gasteiger partial charge in [0.25, 0.3) is 0 Å². The molecule has 1 aliphatic heterocycles. The number of β-amino-alcohol motifs (C(OH)–C–C–N with tert-alkyl or cyclic N) is 1. The number of nitrogens with one attached hydrogen (secondary N) is 1. The van der Waals surface area contributed by atoms with E-state index in [0.29, 0.717) is 18.8 Å². The normalized spacial score (nSPS) is 20.1. The van der Waals surface area contributed by atoms with E-state index in [4.69, 9.17) is 4.98 Å². The molecule has 0 aliphatic carbocycles. The van der Waals surface area contributed by atoms with Gasteiger partial charge in [0.2, 0.25) is 5.91 Å². The zero-order valence-corrected chi connectivity index (χ0v) is 15.5. The molecule has 3 rings (SSSR count). The molecule has 1 unspecified atom stereocenters. The van der Waals surface area contributed by atoms with E-state index < -0.39 is 5.60 Å². The van der Waals surface area contributed by atoms with E-state index in [0.717, 1.165) is 35.7 Å². The van der Waals surface area contributed by atoms with Crippen LogP contribution < -0.4 is 10.2 Å². The van der Waals surface area contributed by atoms with Gasteiger partial charge in [0.05, 0.1) is 12.0 Å².